The molecule has 5 nitrogen and oxygen atoms in total. The van der Waals surface area contributed by atoms with E-state index in [2.05, 4.69) is 20.0 Å². The predicted octanol–water partition coefficient (Wildman–Crippen LogP) is 3.99. The molecule has 1 aliphatic carbocycles. The molecule has 1 unspecified atom stereocenters. The van der Waals surface area contributed by atoms with Crippen molar-refractivity contribution in [2.75, 3.05) is 13.1 Å². The van der Waals surface area contributed by atoms with Gasteiger partial charge in [-0.2, -0.15) is 4.98 Å². The Morgan fingerprint density at radius 2 is 2.00 bits per heavy atom. The second-order valence-corrected chi connectivity index (χ2v) is 6.97. The van der Waals surface area contributed by atoms with Gasteiger partial charge in [-0.1, -0.05) is 24.4 Å². The Bertz CT molecular complexity index is 666. The van der Waals surface area contributed by atoms with Crippen molar-refractivity contribution in [2.45, 2.75) is 51.0 Å². The molecule has 1 aliphatic heterocycles. The van der Waals surface area contributed by atoms with Crippen LogP contribution in [0.2, 0.25) is 0 Å². The van der Waals surface area contributed by atoms with Crippen molar-refractivity contribution in [3.8, 4) is 11.5 Å². The van der Waals surface area contributed by atoms with Crippen molar-refractivity contribution in [1.82, 2.24) is 20.0 Å². The average Bonchev–Trinajstić information content (AvgIpc) is 3.25. The van der Waals surface area contributed by atoms with Gasteiger partial charge in [0.25, 0.3) is 0 Å². The number of aromatic nitrogens is 3. The zero-order valence-electron chi connectivity index (χ0n) is 13.8. The molecule has 3 heterocycles. The number of hydrogen-bond acceptors (Lipinski definition) is 5. The molecule has 0 spiro atoms. The first kappa shape index (κ1) is 15.7. The van der Waals surface area contributed by atoms with E-state index in [0.29, 0.717) is 17.4 Å². The molecule has 6 heteroatoms. The van der Waals surface area contributed by atoms with Crippen LogP contribution in [0.3, 0.4) is 0 Å². The summed E-state index contributed by atoms with van der Waals surface area (Å²) in [6.07, 6.45) is 10.2. The molecule has 0 aromatic carbocycles. The smallest absolute Gasteiger partial charge is 0.244 e. The molecule has 0 radical (unpaired) electrons. The fourth-order valence-corrected chi connectivity index (χ4v) is 4.01. The molecule has 2 fully saturated rings. The molecule has 2 aromatic rings. The lowest BCUT2D eigenvalue weighted by molar-refractivity contribution is 0.163. The van der Waals surface area contributed by atoms with Crippen molar-refractivity contribution in [3.63, 3.8) is 0 Å². The normalized spacial score (nSPS) is 23.0. The van der Waals surface area contributed by atoms with E-state index in [9.17, 15) is 4.39 Å². The first-order valence-corrected chi connectivity index (χ1v) is 8.99. The third kappa shape index (κ3) is 3.34. The SMILES string of the molecule is Fc1ccc(-c2noc(C3CCCN3CC3CCCCC3)n2)nc1. The van der Waals surface area contributed by atoms with Crippen LogP contribution in [-0.4, -0.2) is 33.1 Å². The van der Waals surface area contributed by atoms with Crippen molar-refractivity contribution >= 4 is 0 Å². The van der Waals surface area contributed by atoms with Crippen LogP contribution in [0.25, 0.3) is 11.5 Å². The lowest BCUT2D eigenvalue weighted by Crippen LogP contribution is -2.30. The van der Waals surface area contributed by atoms with Crippen LogP contribution in [0.15, 0.2) is 22.9 Å². The van der Waals surface area contributed by atoms with E-state index in [1.165, 1.54) is 50.8 Å². The first-order valence-electron chi connectivity index (χ1n) is 8.99. The fraction of sp³-hybridized carbons (Fsp3) is 0.611. The van der Waals surface area contributed by atoms with E-state index < -0.39 is 0 Å². The Kier molecular flexibility index (Phi) is 4.56. The summed E-state index contributed by atoms with van der Waals surface area (Å²) < 4.78 is 18.5. The predicted molar refractivity (Wildman–Crippen MR) is 87.6 cm³/mol. The molecule has 1 saturated carbocycles. The topological polar surface area (TPSA) is 55.1 Å². The van der Waals surface area contributed by atoms with Crippen LogP contribution in [0, 0.1) is 11.7 Å². The van der Waals surface area contributed by atoms with Gasteiger partial charge in [0.1, 0.15) is 11.5 Å². The summed E-state index contributed by atoms with van der Waals surface area (Å²) >= 11 is 0. The van der Waals surface area contributed by atoms with Crippen LogP contribution in [-0.2, 0) is 0 Å². The van der Waals surface area contributed by atoms with E-state index in [0.717, 1.165) is 25.4 Å². The van der Waals surface area contributed by atoms with Gasteiger partial charge in [0.05, 0.1) is 12.2 Å². The number of halogens is 1. The van der Waals surface area contributed by atoms with Gasteiger partial charge in [0.15, 0.2) is 0 Å². The van der Waals surface area contributed by atoms with E-state index in [-0.39, 0.29) is 11.9 Å². The molecule has 1 saturated heterocycles. The summed E-state index contributed by atoms with van der Waals surface area (Å²) in [6, 6.07) is 3.16. The Hall–Kier alpha value is -1.82. The second kappa shape index (κ2) is 6.97. The van der Waals surface area contributed by atoms with Crippen LogP contribution < -0.4 is 0 Å². The molecular weight excluding hydrogens is 307 g/mol. The average molecular weight is 330 g/mol. The number of likely N-dealkylation sites (tertiary alicyclic amines) is 1. The maximum absolute atomic E-state index is 13.0. The first-order chi connectivity index (χ1) is 11.8. The third-order valence-corrected chi connectivity index (χ3v) is 5.26. The lowest BCUT2D eigenvalue weighted by atomic mass is 9.89. The molecule has 128 valence electrons. The van der Waals surface area contributed by atoms with Crippen molar-refractivity contribution in [1.29, 1.82) is 0 Å². The van der Waals surface area contributed by atoms with Gasteiger partial charge >= 0.3 is 0 Å². The van der Waals surface area contributed by atoms with E-state index >= 15 is 0 Å². The lowest BCUT2D eigenvalue weighted by Gasteiger charge is -2.29. The van der Waals surface area contributed by atoms with Crippen molar-refractivity contribution < 1.29 is 8.91 Å². The molecule has 2 aromatic heterocycles. The largest absolute Gasteiger partial charge is 0.337 e. The third-order valence-electron chi connectivity index (χ3n) is 5.26. The summed E-state index contributed by atoms with van der Waals surface area (Å²) in [6.45, 7) is 2.24. The summed E-state index contributed by atoms with van der Waals surface area (Å²) in [7, 11) is 0. The quantitative estimate of drug-likeness (QED) is 0.848. The Morgan fingerprint density at radius 1 is 1.12 bits per heavy atom. The van der Waals surface area contributed by atoms with Crippen LogP contribution in [0.5, 0.6) is 0 Å². The van der Waals surface area contributed by atoms with Crippen LogP contribution in [0.1, 0.15) is 56.9 Å². The molecule has 24 heavy (non-hydrogen) atoms. The number of rotatable bonds is 4. The maximum atomic E-state index is 13.0. The number of hydrogen-bond donors (Lipinski definition) is 0. The highest BCUT2D eigenvalue weighted by Gasteiger charge is 2.32. The summed E-state index contributed by atoms with van der Waals surface area (Å²) in [5, 5.41) is 4.04. The number of pyridine rings is 1. The number of nitrogens with zero attached hydrogens (tertiary/aromatic N) is 4. The van der Waals surface area contributed by atoms with Gasteiger partial charge in [0, 0.05) is 6.54 Å². The van der Waals surface area contributed by atoms with E-state index in [1.807, 2.05) is 0 Å². The van der Waals surface area contributed by atoms with Gasteiger partial charge < -0.3 is 4.52 Å². The minimum absolute atomic E-state index is 0.216. The molecular formula is C18H23FN4O. The Morgan fingerprint density at radius 3 is 2.79 bits per heavy atom. The standard InChI is InChI=1S/C18H23FN4O/c19-14-8-9-15(20-11-14)17-21-18(24-22-17)16-7-4-10-23(16)12-13-5-2-1-3-6-13/h8-9,11,13,16H,1-7,10,12H2. The Labute approximate surface area is 141 Å². The van der Waals surface area contributed by atoms with Crippen molar-refractivity contribution in [2.24, 2.45) is 5.92 Å². The zero-order valence-corrected chi connectivity index (χ0v) is 13.8. The van der Waals surface area contributed by atoms with Gasteiger partial charge in [-0.05, 0) is 50.3 Å². The van der Waals surface area contributed by atoms with E-state index in [1.54, 1.807) is 6.07 Å². The van der Waals surface area contributed by atoms with E-state index in [4.69, 9.17) is 4.52 Å². The minimum Gasteiger partial charge on any atom is -0.337 e. The molecule has 0 N–H and O–H groups in total. The molecule has 0 bridgehead atoms. The van der Waals surface area contributed by atoms with Gasteiger partial charge in [-0.15, -0.1) is 0 Å². The zero-order chi connectivity index (χ0) is 16.4. The van der Waals surface area contributed by atoms with Gasteiger partial charge in [0.2, 0.25) is 11.7 Å². The second-order valence-electron chi connectivity index (χ2n) is 6.97. The van der Waals surface area contributed by atoms with Crippen LogP contribution in [0.4, 0.5) is 4.39 Å². The molecule has 2 aliphatic rings. The van der Waals surface area contributed by atoms with Crippen LogP contribution >= 0.6 is 0 Å². The summed E-state index contributed by atoms with van der Waals surface area (Å²) in [4.78, 5) is 11.1. The molecule has 1 atom stereocenters. The highest BCUT2D eigenvalue weighted by Crippen LogP contribution is 2.34. The van der Waals surface area contributed by atoms with Gasteiger partial charge in [-0.3, -0.25) is 4.90 Å². The highest BCUT2D eigenvalue weighted by molar-refractivity contribution is 5.47. The molecule has 4 rings (SSSR count). The van der Waals surface area contributed by atoms with Gasteiger partial charge in [-0.25, -0.2) is 9.37 Å². The fourth-order valence-electron chi connectivity index (χ4n) is 4.01. The Balaban J connectivity index is 1.47. The summed E-state index contributed by atoms with van der Waals surface area (Å²) in [5.74, 6) is 1.55. The highest BCUT2D eigenvalue weighted by atomic mass is 19.1. The maximum Gasteiger partial charge on any atom is 0.244 e. The van der Waals surface area contributed by atoms with Crippen molar-refractivity contribution in [3.05, 3.63) is 30.0 Å². The minimum atomic E-state index is -0.364. The molecule has 0 amide bonds. The summed E-state index contributed by atoms with van der Waals surface area (Å²) in [5.41, 5.74) is 0.545. The monoisotopic (exact) mass is 330 g/mol.